The van der Waals surface area contributed by atoms with Crippen LogP contribution in [0.15, 0.2) is 0 Å². The van der Waals surface area contributed by atoms with Crippen LogP contribution in [0, 0.1) is 5.92 Å². The van der Waals surface area contributed by atoms with Crippen LogP contribution < -0.4 is 5.32 Å². The van der Waals surface area contributed by atoms with Crippen molar-refractivity contribution in [3.63, 3.8) is 0 Å². The zero-order chi connectivity index (χ0) is 13.5. The lowest BCUT2D eigenvalue weighted by atomic mass is 10.0. The highest BCUT2D eigenvalue weighted by Crippen LogP contribution is 2.17. The number of hydrogen-bond acceptors (Lipinski definition) is 3. The van der Waals surface area contributed by atoms with Crippen LogP contribution in [-0.4, -0.2) is 61.7 Å². The number of piperidine rings is 1. The first-order valence-electron chi connectivity index (χ1n) is 8.43. The molecule has 3 nitrogen and oxygen atoms in total. The minimum absolute atomic E-state index is 0.765. The van der Waals surface area contributed by atoms with Crippen molar-refractivity contribution in [1.82, 2.24) is 15.1 Å². The van der Waals surface area contributed by atoms with E-state index in [1.54, 1.807) is 0 Å². The van der Waals surface area contributed by atoms with Gasteiger partial charge in [-0.1, -0.05) is 20.3 Å². The Morgan fingerprint density at radius 1 is 1.00 bits per heavy atom. The Hall–Kier alpha value is -0.120. The average molecular weight is 267 g/mol. The molecule has 2 saturated heterocycles. The third kappa shape index (κ3) is 5.41. The van der Waals surface area contributed by atoms with Crippen LogP contribution in [0.5, 0.6) is 0 Å². The molecule has 2 aliphatic rings. The van der Waals surface area contributed by atoms with E-state index in [2.05, 4.69) is 29.0 Å². The van der Waals surface area contributed by atoms with Gasteiger partial charge in [-0.2, -0.15) is 0 Å². The third-order valence-electron chi connectivity index (χ3n) is 4.58. The summed E-state index contributed by atoms with van der Waals surface area (Å²) in [7, 11) is 0. The number of rotatable bonds is 7. The van der Waals surface area contributed by atoms with E-state index in [0.29, 0.717) is 0 Å². The highest BCUT2D eigenvalue weighted by Gasteiger charge is 2.22. The average Bonchev–Trinajstić information content (AvgIpc) is 2.90. The molecule has 0 aromatic rings. The molecule has 2 fully saturated rings. The van der Waals surface area contributed by atoms with Gasteiger partial charge in [-0.3, -0.25) is 4.90 Å². The lowest BCUT2D eigenvalue weighted by Gasteiger charge is -2.37. The van der Waals surface area contributed by atoms with Gasteiger partial charge in [0.15, 0.2) is 0 Å². The maximum absolute atomic E-state index is 3.66. The summed E-state index contributed by atoms with van der Waals surface area (Å²) in [5, 5.41) is 3.66. The van der Waals surface area contributed by atoms with Crippen molar-refractivity contribution in [2.75, 3.05) is 45.8 Å². The van der Waals surface area contributed by atoms with Gasteiger partial charge in [0.25, 0.3) is 0 Å². The summed E-state index contributed by atoms with van der Waals surface area (Å²) < 4.78 is 0. The maximum atomic E-state index is 3.66. The van der Waals surface area contributed by atoms with Crippen LogP contribution in [-0.2, 0) is 0 Å². The maximum Gasteiger partial charge on any atom is 0.0221 e. The van der Waals surface area contributed by atoms with Gasteiger partial charge >= 0.3 is 0 Å². The van der Waals surface area contributed by atoms with Crippen molar-refractivity contribution >= 4 is 0 Å². The molecule has 0 aromatic heterocycles. The number of hydrogen-bond donors (Lipinski definition) is 1. The van der Waals surface area contributed by atoms with Crippen molar-refractivity contribution in [3.8, 4) is 0 Å². The lowest BCUT2D eigenvalue weighted by Crippen LogP contribution is -2.48. The van der Waals surface area contributed by atoms with E-state index in [0.717, 1.165) is 18.5 Å². The predicted octanol–water partition coefficient (Wildman–Crippen LogP) is 2.18. The molecule has 112 valence electrons. The fraction of sp³-hybridized carbons (Fsp3) is 1.00. The number of nitrogens with one attached hydrogen (secondary N) is 1. The van der Waals surface area contributed by atoms with Crippen LogP contribution in [0.4, 0.5) is 0 Å². The molecule has 0 aliphatic carbocycles. The van der Waals surface area contributed by atoms with Gasteiger partial charge in [0.05, 0.1) is 0 Å². The number of likely N-dealkylation sites (tertiary alicyclic amines) is 2. The molecule has 3 heteroatoms. The van der Waals surface area contributed by atoms with Crippen molar-refractivity contribution in [2.45, 2.75) is 52.0 Å². The van der Waals surface area contributed by atoms with E-state index >= 15 is 0 Å². The van der Waals surface area contributed by atoms with E-state index in [-0.39, 0.29) is 0 Å². The summed E-state index contributed by atoms with van der Waals surface area (Å²) >= 11 is 0. The van der Waals surface area contributed by atoms with Gasteiger partial charge in [0.1, 0.15) is 0 Å². The highest BCUT2D eigenvalue weighted by atomic mass is 15.2. The monoisotopic (exact) mass is 267 g/mol. The first-order chi connectivity index (χ1) is 9.25. The van der Waals surface area contributed by atoms with Crippen LogP contribution in [0.3, 0.4) is 0 Å². The molecule has 2 aliphatic heterocycles. The molecule has 1 unspecified atom stereocenters. The first-order valence-corrected chi connectivity index (χ1v) is 8.43. The Morgan fingerprint density at radius 2 is 1.74 bits per heavy atom. The molecule has 0 amide bonds. The minimum Gasteiger partial charge on any atom is -0.315 e. The largest absolute Gasteiger partial charge is 0.315 e. The van der Waals surface area contributed by atoms with Gasteiger partial charge < -0.3 is 10.2 Å². The number of nitrogens with zero attached hydrogens (tertiary/aromatic N) is 2. The molecule has 0 radical (unpaired) electrons. The van der Waals surface area contributed by atoms with Crippen molar-refractivity contribution in [2.24, 2.45) is 5.92 Å². The SMILES string of the molecule is CC(C)CNCC1CCCCN1CCN1CCCC1. The van der Waals surface area contributed by atoms with E-state index < -0.39 is 0 Å². The fourth-order valence-electron chi connectivity index (χ4n) is 3.40. The smallest absolute Gasteiger partial charge is 0.0221 e. The molecule has 0 bridgehead atoms. The molecule has 1 N–H and O–H groups in total. The second kappa shape index (κ2) is 8.23. The Morgan fingerprint density at radius 3 is 2.47 bits per heavy atom. The molecule has 0 saturated carbocycles. The summed E-state index contributed by atoms with van der Waals surface area (Å²) in [6, 6.07) is 0.787. The zero-order valence-corrected chi connectivity index (χ0v) is 13.0. The second-order valence-electron chi connectivity index (χ2n) is 6.79. The normalized spacial score (nSPS) is 26.4. The quantitative estimate of drug-likeness (QED) is 0.763. The van der Waals surface area contributed by atoms with Gasteiger partial charge in [0, 0.05) is 25.7 Å². The highest BCUT2D eigenvalue weighted by molar-refractivity contribution is 4.80. The minimum atomic E-state index is 0.765. The van der Waals surface area contributed by atoms with Crippen LogP contribution >= 0.6 is 0 Å². The molecular formula is C16H33N3. The molecule has 0 spiro atoms. The Balaban J connectivity index is 1.68. The van der Waals surface area contributed by atoms with E-state index in [4.69, 9.17) is 0 Å². The molecule has 0 aromatic carbocycles. The van der Waals surface area contributed by atoms with Crippen molar-refractivity contribution in [3.05, 3.63) is 0 Å². The van der Waals surface area contributed by atoms with Gasteiger partial charge in [0.2, 0.25) is 0 Å². The summed E-state index contributed by atoms with van der Waals surface area (Å²) in [5.74, 6) is 0.765. The first kappa shape index (κ1) is 15.3. The third-order valence-corrected chi connectivity index (χ3v) is 4.58. The van der Waals surface area contributed by atoms with E-state index in [1.807, 2.05) is 0 Å². The molecule has 19 heavy (non-hydrogen) atoms. The summed E-state index contributed by atoms with van der Waals surface area (Å²) in [4.78, 5) is 5.39. The molecule has 2 rings (SSSR count). The lowest BCUT2D eigenvalue weighted by molar-refractivity contribution is 0.129. The van der Waals surface area contributed by atoms with Crippen LogP contribution in [0.25, 0.3) is 0 Å². The van der Waals surface area contributed by atoms with Crippen LogP contribution in [0.2, 0.25) is 0 Å². The molecular weight excluding hydrogens is 234 g/mol. The summed E-state index contributed by atoms with van der Waals surface area (Å²) in [6.07, 6.45) is 7.05. The van der Waals surface area contributed by atoms with Gasteiger partial charge in [-0.15, -0.1) is 0 Å². The topological polar surface area (TPSA) is 18.5 Å². The van der Waals surface area contributed by atoms with Crippen molar-refractivity contribution < 1.29 is 0 Å². The molecule has 2 heterocycles. The predicted molar refractivity (Wildman–Crippen MR) is 82.6 cm³/mol. The standard InChI is InChI=1S/C16H33N3/c1-15(2)13-17-14-16-7-3-4-10-19(16)12-11-18-8-5-6-9-18/h15-17H,3-14H2,1-2H3. The second-order valence-corrected chi connectivity index (χ2v) is 6.79. The van der Waals surface area contributed by atoms with Crippen molar-refractivity contribution in [1.29, 1.82) is 0 Å². The summed E-state index contributed by atoms with van der Waals surface area (Å²) in [5.41, 5.74) is 0. The van der Waals surface area contributed by atoms with Gasteiger partial charge in [-0.25, -0.2) is 0 Å². The molecule has 1 atom stereocenters. The van der Waals surface area contributed by atoms with E-state index in [1.165, 1.54) is 71.4 Å². The fourth-order valence-corrected chi connectivity index (χ4v) is 3.40. The Kier molecular flexibility index (Phi) is 6.62. The van der Waals surface area contributed by atoms with Gasteiger partial charge in [-0.05, 0) is 57.8 Å². The zero-order valence-electron chi connectivity index (χ0n) is 13.0. The van der Waals surface area contributed by atoms with E-state index in [9.17, 15) is 0 Å². The Bertz CT molecular complexity index is 236. The Labute approximate surface area is 119 Å². The summed E-state index contributed by atoms with van der Waals surface area (Å²) in [6.45, 7) is 13.5. The van der Waals surface area contributed by atoms with Crippen LogP contribution in [0.1, 0.15) is 46.0 Å².